The lowest BCUT2D eigenvalue weighted by Gasteiger charge is -2.34. The number of rotatable bonds is 8. The van der Waals surface area contributed by atoms with Gasteiger partial charge in [0.2, 0.25) is 0 Å². The molecule has 0 aromatic heterocycles. The number of amides is 1. The van der Waals surface area contributed by atoms with Gasteiger partial charge in [0.25, 0.3) is 5.91 Å². The van der Waals surface area contributed by atoms with Crippen LogP contribution >= 0.6 is 11.6 Å². The molecule has 1 unspecified atom stereocenters. The van der Waals surface area contributed by atoms with Gasteiger partial charge in [-0.15, -0.1) is 0 Å². The first kappa shape index (κ1) is 21.2. The SMILES string of the molecule is O=C(NCCCCN1CCN(Cc2ccccc2)CC1)C1Cc2cc(Cl)ccc2O1. The molecule has 2 aliphatic rings. The van der Waals surface area contributed by atoms with Crippen LogP contribution in [0.15, 0.2) is 48.5 Å². The topological polar surface area (TPSA) is 44.8 Å². The van der Waals surface area contributed by atoms with Crippen molar-refractivity contribution in [3.8, 4) is 5.75 Å². The number of hydrogen-bond donors (Lipinski definition) is 1. The number of fused-ring (bicyclic) bond motifs is 1. The molecule has 1 N–H and O–H groups in total. The third-order valence-electron chi connectivity index (χ3n) is 5.90. The molecule has 0 bridgehead atoms. The first-order valence-electron chi connectivity index (χ1n) is 10.9. The molecular weight excluding hydrogens is 398 g/mol. The molecule has 2 aliphatic heterocycles. The number of unbranched alkanes of at least 4 members (excludes halogenated alkanes) is 1. The molecule has 1 atom stereocenters. The summed E-state index contributed by atoms with van der Waals surface area (Å²) in [6.07, 6.45) is 2.24. The number of carbonyl (C=O) groups excluding carboxylic acids is 1. The molecule has 2 aromatic rings. The van der Waals surface area contributed by atoms with Crippen LogP contribution in [-0.4, -0.2) is 61.1 Å². The smallest absolute Gasteiger partial charge is 0.261 e. The van der Waals surface area contributed by atoms with E-state index in [-0.39, 0.29) is 5.91 Å². The fourth-order valence-electron chi connectivity index (χ4n) is 4.16. The summed E-state index contributed by atoms with van der Waals surface area (Å²) in [5.41, 5.74) is 2.40. The highest BCUT2D eigenvalue weighted by Crippen LogP contribution is 2.31. The summed E-state index contributed by atoms with van der Waals surface area (Å²) in [6, 6.07) is 16.2. The molecule has 4 rings (SSSR count). The number of halogens is 1. The second kappa shape index (κ2) is 10.3. The lowest BCUT2D eigenvalue weighted by Crippen LogP contribution is -2.46. The minimum Gasteiger partial charge on any atom is -0.480 e. The standard InChI is InChI=1S/C24H30ClN3O2/c25-21-8-9-22-20(16-21)17-23(30-22)24(29)26-10-4-5-11-27-12-14-28(15-13-27)18-19-6-2-1-3-7-19/h1-3,6-9,16,23H,4-5,10-15,17-18H2,(H,26,29). The fourth-order valence-corrected chi connectivity index (χ4v) is 4.36. The Balaban J connectivity index is 1.07. The molecule has 0 aliphatic carbocycles. The van der Waals surface area contributed by atoms with Crippen molar-refractivity contribution in [3.05, 3.63) is 64.7 Å². The summed E-state index contributed by atoms with van der Waals surface area (Å²) in [6.45, 7) is 7.32. The second-order valence-corrected chi connectivity index (χ2v) is 8.60. The molecule has 0 radical (unpaired) electrons. The first-order valence-corrected chi connectivity index (χ1v) is 11.3. The van der Waals surface area contributed by atoms with Gasteiger partial charge in [-0.05, 0) is 48.7 Å². The normalized spacial score (nSPS) is 19.3. The molecule has 1 fully saturated rings. The molecule has 6 heteroatoms. The molecule has 2 heterocycles. The fraction of sp³-hybridized carbons (Fsp3) is 0.458. The van der Waals surface area contributed by atoms with Crippen molar-refractivity contribution in [1.29, 1.82) is 0 Å². The third kappa shape index (κ3) is 5.75. The Bertz CT molecular complexity index is 838. The number of nitrogens with one attached hydrogen (secondary N) is 1. The number of nitrogens with zero attached hydrogens (tertiary/aromatic N) is 2. The summed E-state index contributed by atoms with van der Waals surface area (Å²) in [4.78, 5) is 17.4. The van der Waals surface area contributed by atoms with Crippen LogP contribution in [0, 0.1) is 0 Å². The average molecular weight is 428 g/mol. The van der Waals surface area contributed by atoms with Gasteiger partial charge in [-0.3, -0.25) is 9.69 Å². The van der Waals surface area contributed by atoms with E-state index in [1.807, 2.05) is 12.1 Å². The van der Waals surface area contributed by atoms with E-state index >= 15 is 0 Å². The third-order valence-corrected chi connectivity index (χ3v) is 6.14. The number of benzene rings is 2. The summed E-state index contributed by atoms with van der Waals surface area (Å²) < 4.78 is 5.74. The molecule has 160 valence electrons. The highest BCUT2D eigenvalue weighted by Gasteiger charge is 2.28. The summed E-state index contributed by atoms with van der Waals surface area (Å²) in [5, 5.41) is 3.70. The minimum atomic E-state index is -0.434. The summed E-state index contributed by atoms with van der Waals surface area (Å²) in [7, 11) is 0. The van der Waals surface area contributed by atoms with Crippen LogP contribution in [0.5, 0.6) is 5.75 Å². The van der Waals surface area contributed by atoms with Crippen molar-refractivity contribution >= 4 is 17.5 Å². The van der Waals surface area contributed by atoms with Gasteiger partial charge in [-0.1, -0.05) is 41.9 Å². The zero-order valence-corrected chi connectivity index (χ0v) is 18.1. The van der Waals surface area contributed by atoms with Crippen LogP contribution in [0.1, 0.15) is 24.0 Å². The molecule has 2 aromatic carbocycles. The molecular formula is C24H30ClN3O2. The lowest BCUT2D eigenvalue weighted by molar-refractivity contribution is -0.127. The van der Waals surface area contributed by atoms with Crippen LogP contribution in [-0.2, 0) is 17.8 Å². The quantitative estimate of drug-likeness (QED) is 0.656. The van der Waals surface area contributed by atoms with E-state index in [0.29, 0.717) is 18.0 Å². The van der Waals surface area contributed by atoms with Crippen molar-refractivity contribution < 1.29 is 9.53 Å². The van der Waals surface area contributed by atoms with Gasteiger partial charge < -0.3 is 15.0 Å². The predicted molar refractivity (Wildman–Crippen MR) is 120 cm³/mol. The Morgan fingerprint density at radius 3 is 2.60 bits per heavy atom. The number of piperazine rings is 1. The van der Waals surface area contributed by atoms with Crippen molar-refractivity contribution in [1.82, 2.24) is 15.1 Å². The van der Waals surface area contributed by atoms with Crippen LogP contribution in [0.4, 0.5) is 0 Å². The van der Waals surface area contributed by atoms with E-state index in [2.05, 4.69) is 45.4 Å². The Labute approximate surface area is 184 Å². The van der Waals surface area contributed by atoms with Crippen molar-refractivity contribution in [2.45, 2.75) is 31.9 Å². The zero-order chi connectivity index (χ0) is 20.8. The number of carbonyl (C=O) groups is 1. The largest absolute Gasteiger partial charge is 0.480 e. The Kier molecular flexibility index (Phi) is 7.26. The minimum absolute atomic E-state index is 0.0307. The molecule has 0 spiro atoms. The monoisotopic (exact) mass is 427 g/mol. The van der Waals surface area contributed by atoms with Gasteiger partial charge >= 0.3 is 0 Å². The predicted octanol–water partition coefficient (Wildman–Crippen LogP) is 3.36. The summed E-state index contributed by atoms with van der Waals surface area (Å²) >= 11 is 6.01. The molecule has 5 nitrogen and oxygen atoms in total. The van der Waals surface area contributed by atoms with Crippen molar-refractivity contribution in [3.63, 3.8) is 0 Å². The molecule has 0 saturated carbocycles. The van der Waals surface area contributed by atoms with Gasteiger partial charge in [0, 0.05) is 50.7 Å². The lowest BCUT2D eigenvalue weighted by atomic mass is 10.1. The van der Waals surface area contributed by atoms with Crippen molar-refractivity contribution in [2.75, 3.05) is 39.3 Å². The Morgan fingerprint density at radius 1 is 1.03 bits per heavy atom. The van der Waals surface area contributed by atoms with E-state index < -0.39 is 6.10 Å². The van der Waals surface area contributed by atoms with E-state index in [1.54, 1.807) is 6.07 Å². The highest BCUT2D eigenvalue weighted by molar-refractivity contribution is 6.30. The average Bonchev–Trinajstić information content (AvgIpc) is 3.18. The maximum absolute atomic E-state index is 12.4. The van der Waals surface area contributed by atoms with Gasteiger partial charge in [0.05, 0.1) is 0 Å². The molecule has 1 amide bonds. The maximum atomic E-state index is 12.4. The zero-order valence-electron chi connectivity index (χ0n) is 17.4. The first-order chi connectivity index (χ1) is 14.7. The van der Waals surface area contributed by atoms with E-state index in [4.69, 9.17) is 16.3 Å². The number of hydrogen-bond acceptors (Lipinski definition) is 4. The van der Waals surface area contributed by atoms with E-state index in [0.717, 1.165) is 63.4 Å². The van der Waals surface area contributed by atoms with Crippen LogP contribution in [0.25, 0.3) is 0 Å². The Hall–Kier alpha value is -2.08. The second-order valence-electron chi connectivity index (χ2n) is 8.16. The van der Waals surface area contributed by atoms with E-state index in [1.165, 1.54) is 5.56 Å². The maximum Gasteiger partial charge on any atom is 0.261 e. The van der Waals surface area contributed by atoms with Gasteiger partial charge in [-0.25, -0.2) is 0 Å². The highest BCUT2D eigenvalue weighted by atomic mass is 35.5. The van der Waals surface area contributed by atoms with Gasteiger partial charge in [0.15, 0.2) is 6.10 Å². The van der Waals surface area contributed by atoms with Crippen LogP contribution in [0.3, 0.4) is 0 Å². The summed E-state index contributed by atoms with van der Waals surface area (Å²) in [5.74, 6) is 0.739. The van der Waals surface area contributed by atoms with Gasteiger partial charge in [0.1, 0.15) is 5.75 Å². The van der Waals surface area contributed by atoms with Crippen LogP contribution < -0.4 is 10.1 Å². The molecule has 1 saturated heterocycles. The Morgan fingerprint density at radius 2 is 1.80 bits per heavy atom. The van der Waals surface area contributed by atoms with Crippen molar-refractivity contribution in [2.24, 2.45) is 0 Å². The number of ether oxygens (including phenoxy) is 1. The van der Waals surface area contributed by atoms with E-state index in [9.17, 15) is 4.79 Å². The molecule has 30 heavy (non-hydrogen) atoms. The van der Waals surface area contributed by atoms with Crippen LogP contribution in [0.2, 0.25) is 5.02 Å². The van der Waals surface area contributed by atoms with Gasteiger partial charge in [-0.2, -0.15) is 0 Å².